The average molecular weight is 419 g/mol. The molecule has 0 aliphatic carbocycles. The Morgan fingerprint density at radius 3 is 2.43 bits per heavy atom. The topological polar surface area (TPSA) is 23.6 Å². The lowest BCUT2D eigenvalue weighted by molar-refractivity contribution is -0.132. The molecule has 28 heavy (non-hydrogen) atoms. The number of anilines is 1. The Bertz CT molecular complexity index is 822. The van der Waals surface area contributed by atoms with Crippen LogP contribution in [-0.4, -0.2) is 36.5 Å². The third-order valence-electron chi connectivity index (χ3n) is 5.69. The van der Waals surface area contributed by atoms with Gasteiger partial charge in [-0.2, -0.15) is 0 Å². The van der Waals surface area contributed by atoms with Gasteiger partial charge in [-0.15, -0.1) is 0 Å². The Balaban J connectivity index is 1.71. The van der Waals surface area contributed by atoms with Gasteiger partial charge in [0.2, 0.25) is 5.91 Å². The number of carbonyl (C=O) groups excluding carboxylic acids is 1. The van der Waals surface area contributed by atoms with Crippen LogP contribution in [-0.2, 0) is 11.2 Å². The van der Waals surface area contributed by atoms with Crippen molar-refractivity contribution in [1.29, 1.82) is 0 Å². The van der Waals surface area contributed by atoms with Crippen molar-refractivity contribution in [3.8, 4) is 0 Å². The number of piperazine rings is 1. The van der Waals surface area contributed by atoms with Gasteiger partial charge in [-0.1, -0.05) is 55.2 Å². The normalized spacial score (nSPS) is 18.2. The molecule has 5 heteroatoms. The van der Waals surface area contributed by atoms with Crippen molar-refractivity contribution in [2.75, 3.05) is 24.5 Å². The first-order valence-corrected chi connectivity index (χ1v) is 10.7. The van der Waals surface area contributed by atoms with E-state index in [0.29, 0.717) is 17.4 Å². The molecule has 0 radical (unpaired) electrons. The molecule has 0 spiro atoms. The molecular weight excluding hydrogens is 391 g/mol. The molecule has 0 saturated carbocycles. The maximum atomic E-state index is 12.8. The quantitative estimate of drug-likeness (QED) is 0.613. The van der Waals surface area contributed by atoms with Crippen molar-refractivity contribution in [2.45, 2.75) is 45.6 Å². The van der Waals surface area contributed by atoms with Crippen molar-refractivity contribution in [2.24, 2.45) is 0 Å². The molecule has 3 rings (SSSR count). The number of nitrogens with zero attached hydrogens (tertiary/aromatic N) is 2. The summed E-state index contributed by atoms with van der Waals surface area (Å²) < 4.78 is 0. The van der Waals surface area contributed by atoms with Crippen LogP contribution in [0.5, 0.6) is 0 Å². The van der Waals surface area contributed by atoms with Gasteiger partial charge in [0.25, 0.3) is 0 Å². The highest BCUT2D eigenvalue weighted by Crippen LogP contribution is 2.33. The molecule has 2 aromatic rings. The van der Waals surface area contributed by atoms with Crippen LogP contribution in [0.1, 0.15) is 44.2 Å². The predicted molar refractivity (Wildman–Crippen MR) is 119 cm³/mol. The molecule has 1 aliphatic heterocycles. The summed E-state index contributed by atoms with van der Waals surface area (Å²) in [5, 5.41) is 1.45. The van der Waals surface area contributed by atoms with Crippen LogP contribution in [0.2, 0.25) is 10.0 Å². The van der Waals surface area contributed by atoms with E-state index >= 15 is 0 Å². The van der Waals surface area contributed by atoms with Gasteiger partial charge in [-0.25, -0.2) is 0 Å². The molecule has 0 aromatic heterocycles. The zero-order valence-electron chi connectivity index (χ0n) is 16.8. The Kier molecular flexibility index (Phi) is 6.90. The molecule has 1 heterocycles. The fraction of sp³-hybridized carbons (Fsp3) is 0.435. The van der Waals surface area contributed by atoms with E-state index in [4.69, 9.17) is 23.2 Å². The molecule has 150 valence electrons. The highest BCUT2D eigenvalue weighted by atomic mass is 35.5. The molecule has 1 aliphatic rings. The minimum atomic E-state index is 0.150. The predicted octanol–water partition coefficient (Wildman–Crippen LogP) is 5.79. The molecule has 2 aromatic carbocycles. The van der Waals surface area contributed by atoms with Gasteiger partial charge in [0.1, 0.15) is 0 Å². The van der Waals surface area contributed by atoms with E-state index in [2.05, 4.69) is 37.8 Å². The lowest BCUT2D eigenvalue weighted by Gasteiger charge is -2.42. The van der Waals surface area contributed by atoms with Crippen molar-refractivity contribution in [3.05, 3.63) is 63.6 Å². The minimum Gasteiger partial charge on any atom is -0.367 e. The van der Waals surface area contributed by atoms with Gasteiger partial charge in [-0.05, 0) is 54.7 Å². The number of carbonyl (C=O) groups is 1. The van der Waals surface area contributed by atoms with Crippen LogP contribution in [0.25, 0.3) is 0 Å². The van der Waals surface area contributed by atoms with E-state index in [0.717, 1.165) is 36.6 Å². The number of halogens is 2. The van der Waals surface area contributed by atoms with Crippen LogP contribution in [0.15, 0.2) is 42.5 Å². The summed E-state index contributed by atoms with van der Waals surface area (Å²) in [5.74, 6) is 0.648. The molecule has 0 N–H and O–H groups in total. The first kappa shape index (κ1) is 21.0. The second-order valence-electron chi connectivity index (χ2n) is 7.70. The van der Waals surface area contributed by atoms with Crippen LogP contribution in [0.3, 0.4) is 0 Å². The number of hydrogen-bond donors (Lipinski definition) is 0. The van der Waals surface area contributed by atoms with Crippen molar-refractivity contribution < 1.29 is 4.79 Å². The number of amides is 1. The molecule has 0 bridgehead atoms. The molecular formula is C23H28Cl2N2O. The van der Waals surface area contributed by atoms with Gasteiger partial charge in [0.15, 0.2) is 0 Å². The van der Waals surface area contributed by atoms with E-state index in [1.54, 1.807) is 0 Å². The molecule has 3 nitrogen and oxygen atoms in total. The van der Waals surface area contributed by atoms with Crippen LogP contribution in [0, 0.1) is 0 Å². The summed E-state index contributed by atoms with van der Waals surface area (Å²) in [5.41, 5.74) is 3.54. The van der Waals surface area contributed by atoms with E-state index in [1.165, 1.54) is 11.3 Å². The summed E-state index contributed by atoms with van der Waals surface area (Å²) in [7, 11) is 0. The summed E-state index contributed by atoms with van der Waals surface area (Å²) in [6.45, 7) is 8.94. The van der Waals surface area contributed by atoms with Gasteiger partial charge in [-0.3, -0.25) is 4.79 Å². The summed E-state index contributed by atoms with van der Waals surface area (Å²) in [6.07, 6.45) is 1.50. The second kappa shape index (κ2) is 9.19. The number of hydrogen-bond acceptors (Lipinski definition) is 2. The van der Waals surface area contributed by atoms with Crippen LogP contribution in [0.4, 0.5) is 5.69 Å². The third kappa shape index (κ3) is 4.82. The Morgan fingerprint density at radius 1 is 1.11 bits per heavy atom. The van der Waals surface area contributed by atoms with Crippen molar-refractivity contribution in [1.82, 2.24) is 4.90 Å². The summed E-state index contributed by atoms with van der Waals surface area (Å²) >= 11 is 12.2. The van der Waals surface area contributed by atoms with Gasteiger partial charge >= 0.3 is 0 Å². The van der Waals surface area contributed by atoms with Crippen LogP contribution >= 0.6 is 23.2 Å². The SMILES string of the molecule is CCC(C)c1ccc(Cl)cc1N1CCN(C(=O)Cc2ccc(Cl)cc2)C(C)C1. The largest absolute Gasteiger partial charge is 0.367 e. The van der Waals surface area contributed by atoms with Crippen LogP contribution < -0.4 is 4.90 Å². The fourth-order valence-corrected chi connectivity index (χ4v) is 4.15. The lowest BCUT2D eigenvalue weighted by atomic mass is 9.95. The summed E-state index contributed by atoms with van der Waals surface area (Å²) in [4.78, 5) is 17.2. The van der Waals surface area contributed by atoms with E-state index in [9.17, 15) is 4.79 Å². The molecule has 1 fully saturated rings. The Morgan fingerprint density at radius 2 is 1.79 bits per heavy atom. The van der Waals surface area contributed by atoms with E-state index in [1.807, 2.05) is 35.2 Å². The number of rotatable bonds is 5. The zero-order valence-corrected chi connectivity index (χ0v) is 18.3. The van der Waals surface area contributed by atoms with E-state index in [-0.39, 0.29) is 11.9 Å². The van der Waals surface area contributed by atoms with Gasteiger partial charge in [0.05, 0.1) is 6.42 Å². The van der Waals surface area contributed by atoms with E-state index < -0.39 is 0 Å². The zero-order chi connectivity index (χ0) is 20.3. The first-order chi connectivity index (χ1) is 13.4. The lowest BCUT2D eigenvalue weighted by Crippen LogP contribution is -2.54. The fourth-order valence-electron chi connectivity index (χ4n) is 3.85. The van der Waals surface area contributed by atoms with Gasteiger partial charge in [0, 0.05) is 41.4 Å². The molecule has 1 amide bonds. The van der Waals surface area contributed by atoms with Crippen molar-refractivity contribution in [3.63, 3.8) is 0 Å². The minimum absolute atomic E-state index is 0.150. The highest BCUT2D eigenvalue weighted by Gasteiger charge is 2.29. The first-order valence-electron chi connectivity index (χ1n) is 9.97. The Labute approximate surface area is 178 Å². The number of benzene rings is 2. The monoisotopic (exact) mass is 418 g/mol. The molecule has 1 saturated heterocycles. The second-order valence-corrected chi connectivity index (χ2v) is 8.57. The molecule has 2 atom stereocenters. The highest BCUT2D eigenvalue weighted by molar-refractivity contribution is 6.31. The standard InChI is InChI=1S/C23H28Cl2N2O/c1-4-16(2)21-10-9-20(25)14-22(21)26-11-12-27(17(3)15-26)23(28)13-18-5-7-19(24)8-6-18/h5-10,14,16-17H,4,11-13,15H2,1-3H3. The molecule has 2 unspecified atom stereocenters. The maximum Gasteiger partial charge on any atom is 0.227 e. The average Bonchev–Trinajstić information content (AvgIpc) is 2.69. The smallest absolute Gasteiger partial charge is 0.227 e. The summed E-state index contributed by atoms with van der Waals surface area (Å²) in [6, 6.07) is 13.9. The Hall–Kier alpha value is -1.71. The van der Waals surface area contributed by atoms with Crippen molar-refractivity contribution >= 4 is 34.8 Å². The maximum absolute atomic E-state index is 12.8. The third-order valence-corrected chi connectivity index (χ3v) is 6.18. The van der Waals surface area contributed by atoms with Gasteiger partial charge < -0.3 is 9.80 Å².